The molecule has 1 aromatic heterocycles. The van der Waals surface area contributed by atoms with E-state index in [4.69, 9.17) is 21.4 Å². The number of benzene rings is 3. The van der Waals surface area contributed by atoms with Crippen LogP contribution in [-0.2, 0) is 0 Å². The van der Waals surface area contributed by atoms with E-state index in [1.165, 1.54) is 0 Å². The zero-order chi connectivity index (χ0) is 21.1. The summed E-state index contributed by atoms with van der Waals surface area (Å²) in [4.78, 5) is 15.6. The van der Waals surface area contributed by atoms with Crippen molar-refractivity contribution in [1.29, 1.82) is 0 Å². The monoisotopic (exact) mass is 418 g/mol. The van der Waals surface area contributed by atoms with E-state index in [9.17, 15) is 4.79 Å². The molecule has 0 saturated heterocycles. The number of ether oxygens (including phenoxy) is 1. The molecule has 1 heterocycles. The van der Waals surface area contributed by atoms with Gasteiger partial charge in [-0.05, 0) is 66.4 Å². The first-order valence-corrected chi connectivity index (χ1v) is 9.80. The molecule has 2 N–H and O–H groups in total. The molecule has 4 rings (SSSR count). The quantitative estimate of drug-likeness (QED) is 0.371. The Morgan fingerprint density at radius 2 is 1.77 bits per heavy atom. The van der Waals surface area contributed by atoms with Gasteiger partial charge in [0.05, 0.1) is 10.9 Å². The minimum atomic E-state index is -0.943. The second-order valence-electron chi connectivity index (χ2n) is 6.86. The van der Waals surface area contributed by atoms with Gasteiger partial charge in [-0.25, -0.2) is 9.78 Å². The summed E-state index contributed by atoms with van der Waals surface area (Å²) in [6, 6.07) is 21.7. The van der Waals surface area contributed by atoms with Crippen molar-refractivity contribution in [3.8, 4) is 11.5 Å². The standard InChI is InChI=1S/C24H19ClN2O3/c1-15(16-5-7-18(8-6-16)24(28)29)27-23-22-17(13-14-26-23)3-2-4-21(22)30-20-11-9-19(25)10-12-20/h2-15H,1H3,(H,26,27)(H,28,29)/t15-/m0/s1. The van der Waals surface area contributed by atoms with Crippen LogP contribution in [-0.4, -0.2) is 16.1 Å². The number of nitrogens with one attached hydrogen (secondary N) is 1. The number of aromatic carboxylic acids is 1. The van der Waals surface area contributed by atoms with Gasteiger partial charge in [0.15, 0.2) is 0 Å². The molecule has 3 aromatic carbocycles. The molecule has 6 heteroatoms. The fourth-order valence-electron chi connectivity index (χ4n) is 3.22. The minimum absolute atomic E-state index is 0.0884. The van der Waals surface area contributed by atoms with Crippen LogP contribution in [0.15, 0.2) is 79.0 Å². The largest absolute Gasteiger partial charge is 0.478 e. The van der Waals surface area contributed by atoms with Crippen molar-refractivity contribution < 1.29 is 14.6 Å². The predicted octanol–water partition coefficient (Wildman–Crippen LogP) is 6.55. The molecule has 0 saturated carbocycles. The summed E-state index contributed by atoms with van der Waals surface area (Å²) in [5.41, 5.74) is 1.21. The van der Waals surface area contributed by atoms with Gasteiger partial charge in [-0.1, -0.05) is 35.9 Å². The lowest BCUT2D eigenvalue weighted by molar-refractivity contribution is 0.0697. The molecular formula is C24H19ClN2O3. The van der Waals surface area contributed by atoms with Gasteiger partial charge in [-0.2, -0.15) is 0 Å². The van der Waals surface area contributed by atoms with E-state index in [0.29, 0.717) is 22.3 Å². The van der Waals surface area contributed by atoms with Crippen LogP contribution in [0.5, 0.6) is 11.5 Å². The van der Waals surface area contributed by atoms with Gasteiger partial charge in [0, 0.05) is 17.3 Å². The second-order valence-corrected chi connectivity index (χ2v) is 7.30. The number of pyridine rings is 1. The van der Waals surface area contributed by atoms with Crippen molar-refractivity contribution in [2.24, 2.45) is 0 Å². The predicted molar refractivity (Wildman–Crippen MR) is 119 cm³/mol. The van der Waals surface area contributed by atoms with Gasteiger partial charge in [-0.3, -0.25) is 0 Å². The van der Waals surface area contributed by atoms with Crippen molar-refractivity contribution in [2.75, 3.05) is 5.32 Å². The lowest BCUT2D eigenvalue weighted by atomic mass is 10.1. The molecule has 1 atom stereocenters. The van der Waals surface area contributed by atoms with Crippen molar-refractivity contribution in [3.05, 3.63) is 95.1 Å². The Bertz CT molecular complexity index is 1190. The molecule has 30 heavy (non-hydrogen) atoms. The number of fused-ring (bicyclic) bond motifs is 1. The molecule has 0 bridgehead atoms. The summed E-state index contributed by atoms with van der Waals surface area (Å²) >= 11 is 5.97. The van der Waals surface area contributed by atoms with E-state index in [0.717, 1.165) is 16.3 Å². The van der Waals surface area contributed by atoms with Crippen LogP contribution in [0.3, 0.4) is 0 Å². The van der Waals surface area contributed by atoms with Gasteiger partial charge in [0.25, 0.3) is 0 Å². The van der Waals surface area contributed by atoms with Crippen molar-refractivity contribution in [3.63, 3.8) is 0 Å². The highest BCUT2D eigenvalue weighted by molar-refractivity contribution is 6.30. The van der Waals surface area contributed by atoms with E-state index >= 15 is 0 Å². The number of carboxylic acid groups (broad SMARTS) is 1. The average molecular weight is 419 g/mol. The molecular weight excluding hydrogens is 400 g/mol. The topological polar surface area (TPSA) is 71.5 Å². The highest BCUT2D eigenvalue weighted by Crippen LogP contribution is 2.35. The van der Waals surface area contributed by atoms with Crippen molar-refractivity contribution in [2.45, 2.75) is 13.0 Å². The molecule has 0 amide bonds. The lowest BCUT2D eigenvalue weighted by Gasteiger charge is -2.18. The first kappa shape index (κ1) is 19.7. The maximum atomic E-state index is 11.1. The summed E-state index contributed by atoms with van der Waals surface area (Å²) in [7, 11) is 0. The first-order valence-electron chi connectivity index (χ1n) is 9.42. The van der Waals surface area contributed by atoms with Gasteiger partial charge >= 0.3 is 5.97 Å². The normalized spacial score (nSPS) is 11.8. The molecule has 0 unspecified atom stereocenters. The van der Waals surface area contributed by atoms with Crippen LogP contribution in [0.25, 0.3) is 10.8 Å². The Balaban J connectivity index is 1.66. The lowest BCUT2D eigenvalue weighted by Crippen LogP contribution is -2.09. The van der Waals surface area contributed by atoms with Crippen LogP contribution in [0, 0.1) is 0 Å². The first-order chi connectivity index (χ1) is 14.5. The SMILES string of the molecule is C[C@H](Nc1nccc2cccc(Oc3ccc(Cl)cc3)c12)c1ccc(C(=O)O)cc1. The van der Waals surface area contributed by atoms with Gasteiger partial charge < -0.3 is 15.2 Å². The number of hydrogen-bond acceptors (Lipinski definition) is 4. The van der Waals surface area contributed by atoms with E-state index in [1.54, 1.807) is 42.6 Å². The van der Waals surface area contributed by atoms with Crippen LogP contribution in [0.2, 0.25) is 5.02 Å². The number of halogens is 1. The summed E-state index contributed by atoms with van der Waals surface area (Å²) in [6.45, 7) is 2.00. The number of rotatable bonds is 6. The van der Waals surface area contributed by atoms with E-state index in [1.807, 2.05) is 43.3 Å². The average Bonchev–Trinajstić information content (AvgIpc) is 2.75. The number of anilines is 1. The second kappa shape index (κ2) is 8.43. The number of carboxylic acids is 1. The molecule has 150 valence electrons. The van der Waals surface area contributed by atoms with E-state index < -0.39 is 5.97 Å². The molecule has 4 aromatic rings. The zero-order valence-corrected chi connectivity index (χ0v) is 16.9. The van der Waals surface area contributed by atoms with Crippen LogP contribution >= 0.6 is 11.6 Å². The Kier molecular flexibility index (Phi) is 5.55. The molecule has 0 aliphatic heterocycles. The molecule has 5 nitrogen and oxygen atoms in total. The van der Waals surface area contributed by atoms with Crippen molar-refractivity contribution >= 4 is 34.2 Å². The fourth-order valence-corrected chi connectivity index (χ4v) is 3.35. The third kappa shape index (κ3) is 4.21. The van der Waals surface area contributed by atoms with Crippen LogP contribution < -0.4 is 10.1 Å². The third-order valence-electron chi connectivity index (χ3n) is 4.81. The number of nitrogens with zero attached hydrogens (tertiary/aromatic N) is 1. The van der Waals surface area contributed by atoms with E-state index in [-0.39, 0.29) is 11.6 Å². The van der Waals surface area contributed by atoms with E-state index in [2.05, 4.69) is 10.3 Å². The Morgan fingerprint density at radius 3 is 2.47 bits per heavy atom. The maximum Gasteiger partial charge on any atom is 0.335 e. The molecule has 0 spiro atoms. The minimum Gasteiger partial charge on any atom is -0.478 e. The summed E-state index contributed by atoms with van der Waals surface area (Å²) in [5.74, 6) is 1.10. The summed E-state index contributed by atoms with van der Waals surface area (Å²) in [5, 5.41) is 15.0. The van der Waals surface area contributed by atoms with Crippen LogP contribution in [0.4, 0.5) is 5.82 Å². The molecule has 0 aliphatic carbocycles. The molecule has 0 fully saturated rings. The van der Waals surface area contributed by atoms with Gasteiger partial charge in [0.1, 0.15) is 17.3 Å². The van der Waals surface area contributed by atoms with Gasteiger partial charge in [0.2, 0.25) is 0 Å². The molecule has 0 aliphatic rings. The number of hydrogen-bond donors (Lipinski definition) is 2. The highest BCUT2D eigenvalue weighted by atomic mass is 35.5. The van der Waals surface area contributed by atoms with Gasteiger partial charge in [-0.15, -0.1) is 0 Å². The highest BCUT2D eigenvalue weighted by Gasteiger charge is 2.14. The maximum absolute atomic E-state index is 11.1. The zero-order valence-electron chi connectivity index (χ0n) is 16.2. The Labute approximate surface area is 178 Å². The summed E-state index contributed by atoms with van der Waals surface area (Å²) < 4.78 is 6.11. The molecule has 0 radical (unpaired) electrons. The number of carbonyl (C=O) groups is 1. The van der Waals surface area contributed by atoms with Crippen molar-refractivity contribution in [1.82, 2.24) is 4.98 Å². The Morgan fingerprint density at radius 1 is 1.03 bits per heavy atom. The Hall–Kier alpha value is -3.57. The number of aromatic nitrogens is 1. The fraction of sp³-hybridized carbons (Fsp3) is 0.0833. The smallest absolute Gasteiger partial charge is 0.335 e. The summed E-state index contributed by atoms with van der Waals surface area (Å²) in [6.07, 6.45) is 1.75. The van der Waals surface area contributed by atoms with Crippen LogP contribution in [0.1, 0.15) is 28.9 Å². The third-order valence-corrected chi connectivity index (χ3v) is 5.06.